The summed E-state index contributed by atoms with van der Waals surface area (Å²) < 4.78 is 21.2. The van der Waals surface area contributed by atoms with Gasteiger partial charge < -0.3 is 48.9 Å². The lowest BCUT2D eigenvalue weighted by molar-refractivity contribution is -0.268. The highest BCUT2D eigenvalue weighted by Gasteiger charge is 2.44. The average molecular weight is 448 g/mol. The fraction of sp³-hybridized carbons (Fsp3) is 0.300. The zero-order valence-electron chi connectivity index (χ0n) is 16.2. The Morgan fingerprint density at radius 2 is 1.38 bits per heavy atom. The minimum Gasteiger partial charge on any atom is -0.504 e. The molecule has 0 saturated carbocycles. The van der Waals surface area contributed by atoms with Crippen molar-refractivity contribution in [1.29, 1.82) is 0 Å². The van der Waals surface area contributed by atoms with Crippen molar-refractivity contribution in [3.05, 3.63) is 33.0 Å². The molecule has 1 saturated heterocycles. The number of hydrogen-bond acceptors (Lipinski definition) is 12. The van der Waals surface area contributed by atoms with Gasteiger partial charge in [0.15, 0.2) is 22.7 Å². The molecule has 5 rings (SSSR count). The molecule has 12 nitrogen and oxygen atoms in total. The zero-order chi connectivity index (χ0) is 23.1. The predicted molar refractivity (Wildman–Crippen MR) is 105 cm³/mol. The van der Waals surface area contributed by atoms with Gasteiger partial charge in [-0.3, -0.25) is 0 Å². The number of aliphatic hydroxyl groups excluding tert-OH is 3. The number of aromatic hydroxyl groups is 3. The Labute approximate surface area is 176 Å². The van der Waals surface area contributed by atoms with E-state index < -0.39 is 76.1 Å². The molecule has 3 unspecified atom stereocenters. The average Bonchev–Trinajstić information content (AvgIpc) is 2.75. The Morgan fingerprint density at radius 3 is 2.03 bits per heavy atom. The van der Waals surface area contributed by atoms with E-state index in [9.17, 15) is 40.2 Å². The maximum atomic E-state index is 12.6. The van der Waals surface area contributed by atoms with E-state index in [4.69, 9.17) is 18.3 Å². The maximum absolute atomic E-state index is 12.6. The van der Waals surface area contributed by atoms with Crippen LogP contribution in [0.25, 0.3) is 32.7 Å². The second-order valence-electron chi connectivity index (χ2n) is 7.55. The summed E-state index contributed by atoms with van der Waals surface area (Å²) in [6.07, 6.45) is -7.33. The van der Waals surface area contributed by atoms with Gasteiger partial charge in [0, 0.05) is 10.8 Å². The highest BCUT2D eigenvalue weighted by atomic mass is 16.7. The van der Waals surface area contributed by atoms with Crippen molar-refractivity contribution >= 4 is 32.7 Å². The standard InChI is InChI=1S/C20H16O12/c1-4-11(23)13(25)14(26)20(29-4)32-15-8(22)3-6-10-9-5(19(28)31-17(10)15)2-7(21)12(24)16(9)30-18(6)27/h2-4,11,13-14,20-26H,1H3/t4?,11-,13?,14?,20-/m0/s1. The lowest BCUT2D eigenvalue weighted by Crippen LogP contribution is -2.58. The molecule has 2 aromatic heterocycles. The molecule has 1 fully saturated rings. The summed E-state index contributed by atoms with van der Waals surface area (Å²) >= 11 is 0. The molecule has 0 bridgehead atoms. The van der Waals surface area contributed by atoms with Crippen LogP contribution in [0.5, 0.6) is 23.0 Å². The number of benzene rings is 2. The third-order valence-electron chi connectivity index (χ3n) is 5.57. The lowest BCUT2D eigenvalue weighted by Gasteiger charge is -2.38. The van der Waals surface area contributed by atoms with Gasteiger partial charge in [-0.15, -0.1) is 0 Å². The van der Waals surface area contributed by atoms with Gasteiger partial charge in [-0.1, -0.05) is 0 Å². The largest absolute Gasteiger partial charge is 0.504 e. The van der Waals surface area contributed by atoms with Crippen LogP contribution in [0.15, 0.2) is 30.6 Å². The van der Waals surface area contributed by atoms with E-state index in [1.807, 2.05) is 0 Å². The number of ether oxygens (including phenoxy) is 2. The monoisotopic (exact) mass is 448 g/mol. The van der Waals surface area contributed by atoms with Crippen molar-refractivity contribution in [2.75, 3.05) is 0 Å². The minimum atomic E-state index is -1.74. The molecule has 5 atom stereocenters. The molecule has 0 amide bonds. The van der Waals surface area contributed by atoms with Crippen LogP contribution >= 0.6 is 0 Å². The van der Waals surface area contributed by atoms with E-state index in [-0.39, 0.29) is 21.5 Å². The van der Waals surface area contributed by atoms with Crippen LogP contribution < -0.4 is 16.0 Å². The predicted octanol–water partition coefficient (Wildman–Crippen LogP) is -0.187. The molecular formula is C20H16O12. The van der Waals surface area contributed by atoms with Gasteiger partial charge in [-0.25, -0.2) is 9.59 Å². The van der Waals surface area contributed by atoms with Crippen molar-refractivity contribution in [2.24, 2.45) is 0 Å². The molecule has 3 heterocycles. The number of hydrogen-bond donors (Lipinski definition) is 6. The van der Waals surface area contributed by atoms with E-state index in [1.165, 1.54) is 6.92 Å². The lowest BCUT2D eigenvalue weighted by atomic mass is 10.00. The SMILES string of the molecule is CC1O[C@@H](Oc2c(O)cc3c(=O)oc4c(O)c(O)cc5c(=O)oc2c3c45)C(O)C(O)[C@H]1O. The molecule has 4 aromatic rings. The van der Waals surface area contributed by atoms with E-state index in [0.29, 0.717) is 0 Å². The first-order valence-electron chi connectivity index (χ1n) is 9.40. The summed E-state index contributed by atoms with van der Waals surface area (Å²) in [5, 5.41) is 60.0. The highest BCUT2D eigenvalue weighted by Crippen LogP contribution is 2.45. The minimum absolute atomic E-state index is 0.0621. The van der Waals surface area contributed by atoms with E-state index in [1.54, 1.807) is 0 Å². The first-order valence-corrected chi connectivity index (χ1v) is 9.40. The Kier molecular flexibility index (Phi) is 4.26. The Morgan fingerprint density at radius 1 is 0.812 bits per heavy atom. The van der Waals surface area contributed by atoms with E-state index in [2.05, 4.69) is 0 Å². The van der Waals surface area contributed by atoms with Crippen molar-refractivity contribution < 1.29 is 48.9 Å². The summed E-state index contributed by atoms with van der Waals surface area (Å²) in [4.78, 5) is 25.1. The molecule has 1 aliphatic heterocycles. The van der Waals surface area contributed by atoms with Crippen LogP contribution in [0, 0.1) is 0 Å². The fourth-order valence-electron chi connectivity index (χ4n) is 3.91. The molecule has 0 aliphatic carbocycles. The molecule has 12 heteroatoms. The summed E-state index contributed by atoms with van der Waals surface area (Å²) in [6.45, 7) is 1.42. The van der Waals surface area contributed by atoms with E-state index in [0.717, 1.165) is 12.1 Å². The number of aliphatic hydroxyl groups is 3. The van der Waals surface area contributed by atoms with Gasteiger partial charge in [0.2, 0.25) is 17.8 Å². The Balaban J connectivity index is 1.81. The molecule has 0 spiro atoms. The van der Waals surface area contributed by atoms with Crippen LogP contribution in [-0.2, 0) is 4.74 Å². The third kappa shape index (κ3) is 2.64. The van der Waals surface area contributed by atoms with Gasteiger partial charge in [-0.2, -0.15) is 0 Å². The van der Waals surface area contributed by atoms with Crippen LogP contribution in [0.2, 0.25) is 0 Å². The number of phenolic OH excluding ortho intramolecular Hbond substituents is 3. The summed E-state index contributed by atoms with van der Waals surface area (Å²) in [5.74, 6) is -2.68. The zero-order valence-corrected chi connectivity index (χ0v) is 16.2. The van der Waals surface area contributed by atoms with E-state index >= 15 is 0 Å². The van der Waals surface area contributed by atoms with Crippen LogP contribution in [0.4, 0.5) is 0 Å². The first kappa shape index (κ1) is 20.3. The molecule has 32 heavy (non-hydrogen) atoms. The molecule has 168 valence electrons. The van der Waals surface area contributed by atoms with Gasteiger partial charge >= 0.3 is 11.3 Å². The first-order chi connectivity index (χ1) is 15.1. The second kappa shape index (κ2) is 6.71. The molecule has 2 aromatic carbocycles. The second-order valence-corrected chi connectivity index (χ2v) is 7.55. The van der Waals surface area contributed by atoms with Gasteiger partial charge in [0.05, 0.1) is 16.9 Å². The molecular weight excluding hydrogens is 432 g/mol. The normalized spacial score (nSPS) is 26.3. The summed E-state index contributed by atoms with van der Waals surface area (Å²) in [6, 6.07) is 1.90. The molecule has 1 aliphatic rings. The highest BCUT2D eigenvalue weighted by molar-refractivity contribution is 6.22. The van der Waals surface area contributed by atoms with Crippen molar-refractivity contribution in [2.45, 2.75) is 37.6 Å². The van der Waals surface area contributed by atoms with Gasteiger partial charge in [0.1, 0.15) is 18.3 Å². The van der Waals surface area contributed by atoms with Gasteiger partial charge in [0.25, 0.3) is 0 Å². The quantitative estimate of drug-likeness (QED) is 0.134. The number of rotatable bonds is 2. The molecule has 0 radical (unpaired) electrons. The van der Waals surface area contributed by atoms with Gasteiger partial charge in [-0.05, 0) is 19.1 Å². The van der Waals surface area contributed by atoms with Crippen molar-refractivity contribution in [3.8, 4) is 23.0 Å². The summed E-state index contributed by atoms with van der Waals surface area (Å²) in [5.41, 5.74) is -2.93. The Bertz CT molecular complexity index is 1480. The molecule has 6 N–H and O–H groups in total. The third-order valence-corrected chi connectivity index (χ3v) is 5.57. The van der Waals surface area contributed by atoms with Crippen molar-refractivity contribution in [3.63, 3.8) is 0 Å². The fourth-order valence-corrected chi connectivity index (χ4v) is 3.91. The van der Waals surface area contributed by atoms with Crippen LogP contribution in [0.3, 0.4) is 0 Å². The van der Waals surface area contributed by atoms with Crippen molar-refractivity contribution in [1.82, 2.24) is 0 Å². The van der Waals surface area contributed by atoms with Crippen LogP contribution in [0.1, 0.15) is 6.92 Å². The van der Waals surface area contributed by atoms with Crippen LogP contribution in [-0.4, -0.2) is 61.3 Å². The smallest absolute Gasteiger partial charge is 0.344 e. The Hall–Kier alpha value is -3.58. The topological polar surface area (TPSA) is 200 Å². The number of phenols is 3. The summed E-state index contributed by atoms with van der Waals surface area (Å²) in [7, 11) is 0. The maximum Gasteiger partial charge on any atom is 0.344 e.